The van der Waals surface area contributed by atoms with Crippen molar-refractivity contribution in [2.24, 2.45) is 10.9 Å². The van der Waals surface area contributed by atoms with E-state index in [0.29, 0.717) is 12.3 Å². The van der Waals surface area contributed by atoms with Crippen LogP contribution in [0.15, 0.2) is 5.16 Å². The average Bonchev–Trinajstić information content (AvgIpc) is 2.10. The van der Waals surface area contributed by atoms with Crippen molar-refractivity contribution < 1.29 is 10.3 Å². The van der Waals surface area contributed by atoms with E-state index in [2.05, 4.69) is 5.16 Å². The van der Waals surface area contributed by atoms with Crippen LogP contribution in [0.25, 0.3) is 0 Å². The Balaban J connectivity index is 3.00. The van der Waals surface area contributed by atoms with E-state index in [9.17, 15) is 0 Å². The molecule has 0 aliphatic carbocycles. The molecule has 4 N–H and O–H groups in total. The summed E-state index contributed by atoms with van der Waals surface area (Å²) in [6, 6.07) is 0. The Bertz CT molecular complexity index is 131. The molecule has 0 radical (unpaired) electrons. The number of thioether (sulfide) groups is 1. The van der Waals surface area contributed by atoms with E-state index in [1.807, 2.05) is 0 Å². The molecule has 0 saturated carbocycles. The topological polar surface area (TPSA) is 78.8 Å². The number of unbranched alkanes of at least 4 members (excludes halogenated alkanes) is 1. The Kier molecular flexibility index (Phi) is 8.37. The van der Waals surface area contributed by atoms with Gasteiger partial charge < -0.3 is 16.0 Å². The lowest BCUT2D eigenvalue weighted by atomic mass is 10.2. The average molecular weight is 192 g/mol. The predicted molar refractivity (Wildman–Crippen MR) is 51.7 cm³/mol. The molecule has 0 saturated heterocycles. The highest BCUT2D eigenvalue weighted by atomic mass is 32.2. The van der Waals surface area contributed by atoms with E-state index >= 15 is 0 Å². The van der Waals surface area contributed by atoms with Crippen molar-refractivity contribution in [3.8, 4) is 0 Å². The monoisotopic (exact) mass is 192 g/mol. The number of aliphatic hydroxyl groups excluding tert-OH is 1. The summed E-state index contributed by atoms with van der Waals surface area (Å²) in [6.45, 7) is 0.241. The van der Waals surface area contributed by atoms with Crippen LogP contribution in [-0.2, 0) is 0 Å². The molecule has 0 aliphatic heterocycles. The molecule has 0 heterocycles. The first kappa shape index (κ1) is 11.6. The van der Waals surface area contributed by atoms with Crippen molar-refractivity contribution in [2.45, 2.75) is 19.3 Å². The number of amidine groups is 1. The Morgan fingerprint density at radius 1 is 1.33 bits per heavy atom. The maximum Gasteiger partial charge on any atom is 0.139 e. The van der Waals surface area contributed by atoms with Gasteiger partial charge >= 0.3 is 0 Å². The molecule has 0 spiro atoms. The minimum Gasteiger partial charge on any atom is -0.409 e. The first-order valence-corrected chi connectivity index (χ1v) is 5.11. The number of aliphatic hydroxyl groups is 1. The van der Waals surface area contributed by atoms with Crippen LogP contribution < -0.4 is 5.73 Å². The first-order chi connectivity index (χ1) is 5.81. The van der Waals surface area contributed by atoms with E-state index in [4.69, 9.17) is 16.0 Å². The predicted octanol–water partition coefficient (Wildman–Crippen LogP) is 0.629. The summed E-state index contributed by atoms with van der Waals surface area (Å²) >= 11 is 1.72. The third kappa shape index (κ3) is 7.68. The zero-order chi connectivity index (χ0) is 9.23. The lowest BCUT2D eigenvalue weighted by Crippen LogP contribution is -2.10. The van der Waals surface area contributed by atoms with Crippen LogP contribution in [-0.4, -0.2) is 34.3 Å². The van der Waals surface area contributed by atoms with Crippen LogP contribution in [0, 0.1) is 0 Å². The van der Waals surface area contributed by atoms with Crippen molar-refractivity contribution in [1.82, 2.24) is 0 Å². The first-order valence-electron chi connectivity index (χ1n) is 3.96. The molecule has 5 heteroatoms. The van der Waals surface area contributed by atoms with Gasteiger partial charge in [-0.05, 0) is 18.6 Å². The molecule has 0 bridgehead atoms. The molecule has 0 aromatic rings. The van der Waals surface area contributed by atoms with Gasteiger partial charge in [-0.1, -0.05) is 5.16 Å². The van der Waals surface area contributed by atoms with Gasteiger partial charge in [0.15, 0.2) is 0 Å². The van der Waals surface area contributed by atoms with E-state index in [1.54, 1.807) is 11.8 Å². The van der Waals surface area contributed by atoms with Crippen LogP contribution in [0.4, 0.5) is 0 Å². The van der Waals surface area contributed by atoms with Crippen LogP contribution in [0.5, 0.6) is 0 Å². The number of hydrogen-bond acceptors (Lipinski definition) is 4. The maximum atomic E-state index is 8.46. The number of nitrogens with two attached hydrogens (primary N) is 1. The zero-order valence-corrected chi connectivity index (χ0v) is 7.89. The van der Waals surface area contributed by atoms with E-state index < -0.39 is 0 Å². The van der Waals surface area contributed by atoms with Gasteiger partial charge in [-0.25, -0.2) is 0 Å². The normalized spacial score (nSPS) is 11.9. The largest absolute Gasteiger partial charge is 0.409 e. The highest BCUT2D eigenvalue weighted by molar-refractivity contribution is 7.99. The molecule has 12 heavy (non-hydrogen) atoms. The van der Waals surface area contributed by atoms with Crippen molar-refractivity contribution in [3.05, 3.63) is 0 Å². The lowest BCUT2D eigenvalue weighted by molar-refractivity contribution is 0.316. The van der Waals surface area contributed by atoms with Crippen molar-refractivity contribution in [3.63, 3.8) is 0 Å². The molecule has 0 unspecified atom stereocenters. The van der Waals surface area contributed by atoms with Gasteiger partial charge in [0.05, 0.1) is 6.61 Å². The smallest absolute Gasteiger partial charge is 0.139 e. The van der Waals surface area contributed by atoms with Crippen molar-refractivity contribution in [2.75, 3.05) is 18.1 Å². The Morgan fingerprint density at radius 2 is 2.08 bits per heavy atom. The summed E-state index contributed by atoms with van der Waals surface area (Å²) in [5, 5.41) is 19.5. The molecular formula is C7H16N2O2S. The van der Waals surface area contributed by atoms with E-state index in [0.717, 1.165) is 24.3 Å². The third-order valence-electron chi connectivity index (χ3n) is 1.34. The molecular weight excluding hydrogens is 176 g/mol. The summed E-state index contributed by atoms with van der Waals surface area (Å²) in [7, 11) is 0. The van der Waals surface area contributed by atoms with Crippen LogP contribution in [0.1, 0.15) is 19.3 Å². The molecule has 0 aromatic heterocycles. The zero-order valence-electron chi connectivity index (χ0n) is 7.07. The Morgan fingerprint density at radius 3 is 2.67 bits per heavy atom. The van der Waals surface area contributed by atoms with E-state index in [1.165, 1.54) is 0 Å². The fraction of sp³-hybridized carbons (Fsp3) is 0.857. The summed E-state index contributed by atoms with van der Waals surface area (Å²) in [5.41, 5.74) is 5.27. The van der Waals surface area contributed by atoms with Gasteiger partial charge in [-0.2, -0.15) is 11.8 Å². The molecule has 0 aromatic carbocycles. The van der Waals surface area contributed by atoms with Crippen LogP contribution in [0.2, 0.25) is 0 Å². The quantitative estimate of drug-likeness (QED) is 0.182. The van der Waals surface area contributed by atoms with Crippen LogP contribution in [0.3, 0.4) is 0 Å². The maximum absolute atomic E-state index is 8.46. The molecule has 4 nitrogen and oxygen atoms in total. The third-order valence-corrected chi connectivity index (χ3v) is 2.38. The van der Waals surface area contributed by atoms with Crippen LogP contribution >= 0.6 is 11.8 Å². The molecule has 0 amide bonds. The standard InChI is InChI=1S/C7H16N2O2S/c8-7(9-11)3-1-2-5-12-6-4-10/h10-11H,1-6H2,(H2,8,9). The lowest BCUT2D eigenvalue weighted by Gasteiger charge is -1.99. The minimum absolute atomic E-state index is 0.241. The van der Waals surface area contributed by atoms with Gasteiger partial charge in [0.1, 0.15) is 5.84 Å². The van der Waals surface area contributed by atoms with E-state index in [-0.39, 0.29) is 6.61 Å². The SMILES string of the molecule is N/C(CCCCSCCO)=N/O. The van der Waals surface area contributed by atoms with Crippen molar-refractivity contribution >= 4 is 17.6 Å². The van der Waals surface area contributed by atoms with Gasteiger partial charge in [0.2, 0.25) is 0 Å². The van der Waals surface area contributed by atoms with Gasteiger partial charge in [-0.15, -0.1) is 0 Å². The summed E-state index contributed by atoms with van der Waals surface area (Å²) in [6.07, 6.45) is 2.63. The number of hydrogen-bond donors (Lipinski definition) is 3. The number of rotatable bonds is 7. The molecule has 72 valence electrons. The Hall–Kier alpha value is -0.420. The summed E-state index contributed by atoms with van der Waals surface area (Å²) < 4.78 is 0. The second-order valence-electron chi connectivity index (χ2n) is 2.38. The molecule has 0 fully saturated rings. The highest BCUT2D eigenvalue weighted by Crippen LogP contribution is 2.05. The second kappa shape index (κ2) is 8.67. The van der Waals surface area contributed by atoms with Crippen molar-refractivity contribution in [1.29, 1.82) is 0 Å². The second-order valence-corrected chi connectivity index (χ2v) is 3.61. The summed E-state index contributed by atoms with van der Waals surface area (Å²) in [5.74, 6) is 2.12. The number of oxime groups is 1. The van der Waals surface area contributed by atoms with Gasteiger partial charge in [0.25, 0.3) is 0 Å². The Labute approximate surface area is 76.8 Å². The fourth-order valence-electron chi connectivity index (χ4n) is 0.727. The summed E-state index contributed by atoms with van der Waals surface area (Å²) in [4.78, 5) is 0. The molecule has 0 aliphatic rings. The van der Waals surface area contributed by atoms with Gasteiger partial charge in [0, 0.05) is 12.2 Å². The molecule has 0 atom stereocenters. The molecule has 0 rings (SSSR count). The fourth-order valence-corrected chi connectivity index (χ4v) is 1.47. The van der Waals surface area contributed by atoms with Gasteiger partial charge in [-0.3, -0.25) is 0 Å². The highest BCUT2D eigenvalue weighted by Gasteiger charge is 1.93. The minimum atomic E-state index is 0.241. The number of nitrogens with zero attached hydrogens (tertiary/aromatic N) is 1.